The molecule has 1 rings (SSSR count). The highest BCUT2D eigenvalue weighted by molar-refractivity contribution is 7.96. The van der Waals surface area contributed by atoms with Gasteiger partial charge in [0.1, 0.15) is 23.6 Å². The van der Waals surface area contributed by atoms with E-state index in [1.54, 1.807) is 6.92 Å². The van der Waals surface area contributed by atoms with Crippen LogP contribution in [-0.4, -0.2) is 10.7 Å². The number of hydrogen-bond donors (Lipinski definition) is 0. The molecule has 0 fully saturated rings. The summed E-state index contributed by atoms with van der Waals surface area (Å²) in [5, 5.41) is 0. The van der Waals surface area contributed by atoms with Crippen LogP contribution in [0.5, 0.6) is 0 Å². The van der Waals surface area contributed by atoms with Gasteiger partial charge in [0.05, 0.1) is 21.0 Å². The van der Waals surface area contributed by atoms with Gasteiger partial charge in [-0.2, -0.15) is 14.0 Å². The molecular weight excluding hydrogens is 248 g/mol. The Hall–Kier alpha value is -0.310. The molecule has 1 atom stereocenters. The van der Waals surface area contributed by atoms with Gasteiger partial charge in [-0.3, -0.25) is 4.79 Å². The van der Waals surface area contributed by atoms with E-state index in [2.05, 4.69) is 4.29 Å². The molecule has 1 heterocycles. The summed E-state index contributed by atoms with van der Waals surface area (Å²) in [7, 11) is -4.60. The summed E-state index contributed by atoms with van der Waals surface area (Å²) >= 11 is 0.631. The second-order valence-electron chi connectivity index (χ2n) is 3.07. The number of halogens is 1. The van der Waals surface area contributed by atoms with Gasteiger partial charge < -0.3 is 4.18 Å². The lowest BCUT2D eigenvalue weighted by molar-refractivity contribution is -1.92. The number of carbonyl (C=O) groups is 1. The third kappa shape index (κ3) is 3.98. The Morgan fingerprint density at radius 1 is 1.67 bits per heavy atom. The highest BCUT2D eigenvalue weighted by atomic mass is 35.7. The van der Waals surface area contributed by atoms with Crippen LogP contribution in [0.15, 0.2) is 11.8 Å². The minimum absolute atomic E-state index is 0.247. The minimum Gasteiger partial charge on any atom is -0.427 e. The zero-order valence-corrected chi connectivity index (χ0v) is 9.59. The number of allylic oxidation sites excluding steroid dienone is 1. The summed E-state index contributed by atoms with van der Waals surface area (Å²) in [4.78, 5) is 9.36. The third-order valence-electron chi connectivity index (χ3n) is 1.46. The molecule has 0 N–H and O–H groups in total. The van der Waals surface area contributed by atoms with Crippen LogP contribution < -0.4 is 14.0 Å². The van der Waals surface area contributed by atoms with E-state index >= 15 is 0 Å². The van der Waals surface area contributed by atoms with E-state index in [1.165, 1.54) is 13.0 Å². The van der Waals surface area contributed by atoms with Crippen molar-refractivity contribution in [1.82, 2.24) is 0 Å². The lowest BCUT2D eigenvalue weighted by Gasteiger charge is -2.21. The topological polar surface area (TPSA) is 105 Å². The van der Waals surface area contributed by atoms with E-state index in [1.807, 2.05) is 0 Å². The lowest BCUT2D eigenvalue weighted by Crippen LogP contribution is -2.63. The lowest BCUT2D eigenvalue weighted by atomic mass is 10.2. The van der Waals surface area contributed by atoms with Crippen LogP contribution >= 0.6 is 12.0 Å². The summed E-state index contributed by atoms with van der Waals surface area (Å²) in [5.41, 5.74) is 0. The molecule has 0 radical (unpaired) electrons. The van der Waals surface area contributed by atoms with Crippen molar-refractivity contribution >= 4 is 17.8 Å². The molecule has 1 unspecified atom stereocenters. The third-order valence-corrected chi connectivity index (χ3v) is 2.99. The van der Waals surface area contributed by atoms with Crippen molar-refractivity contribution in [3.8, 4) is 0 Å². The van der Waals surface area contributed by atoms with Crippen LogP contribution in [0.4, 0.5) is 0 Å². The van der Waals surface area contributed by atoms with Crippen LogP contribution in [0.1, 0.15) is 20.3 Å². The smallest absolute Gasteiger partial charge is 0.332 e. The molecule has 86 valence electrons. The molecule has 0 spiro atoms. The standard InChI is InChI=1S/C7H9ClO6S/c1-5(9)3-7(14-8(10,11)12)4-6(2)13-15-7/h4H,3H2,1-2H3. The molecule has 0 aromatic rings. The van der Waals surface area contributed by atoms with Gasteiger partial charge in [-0.1, -0.05) is 0 Å². The molecule has 1 aliphatic heterocycles. The van der Waals surface area contributed by atoms with Crippen LogP contribution in [0.2, 0.25) is 0 Å². The normalized spacial score (nSPS) is 26.1. The first-order chi connectivity index (χ1) is 6.72. The molecule has 8 heteroatoms. The largest absolute Gasteiger partial charge is 0.427 e. The number of carbonyl (C=O) groups excluding carboxylic acids is 1. The SMILES string of the molecule is CC(=O)CC1(O[Cl+3]([O-])([O-])[O-])C=C(C)OS1. The minimum atomic E-state index is -4.60. The van der Waals surface area contributed by atoms with E-state index in [0.29, 0.717) is 17.8 Å². The zero-order valence-electron chi connectivity index (χ0n) is 8.02. The first-order valence-corrected chi connectivity index (χ1v) is 5.86. The van der Waals surface area contributed by atoms with Crippen molar-refractivity contribution in [2.45, 2.75) is 25.2 Å². The van der Waals surface area contributed by atoms with Gasteiger partial charge in [0.2, 0.25) is 0 Å². The van der Waals surface area contributed by atoms with E-state index in [9.17, 15) is 18.8 Å². The fourth-order valence-electron chi connectivity index (χ4n) is 1.14. The monoisotopic (exact) mass is 256 g/mol. The predicted molar refractivity (Wildman–Crippen MR) is 41.5 cm³/mol. The van der Waals surface area contributed by atoms with Gasteiger partial charge in [0, 0.05) is 6.08 Å². The molecule has 15 heavy (non-hydrogen) atoms. The van der Waals surface area contributed by atoms with Crippen LogP contribution in [0.3, 0.4) is 0 Å². The first kappa shape index (κ1) is 12.8. The molecule has 0 aromatic carbocycles. The number of hydrogen-bond acceptors (Lipinski definition) is 7. The number of rotatable bonds is 4. The second-order valence-corrected chi connectivity index (χ2v) is 5.00. The van der Waals surface area contributed by atoms with Crippen LogP contribution in [0.25, 0.3) is 0 Å². The molecule has 0 bridgehead atoms. The molecule has 0 saturated carbocycles. The summed E-state index contributed by atoms with van der Waals surface area (Å²) in [6.07, 6.45) is 1.05. The van der Waals surface area contributed by atoms with Gasteiger partial charge in [-0.25, -0.2) is 0 Å². The Morgan fingerprint density at radius 3 is 2.60 bits per heavy atom. The van der Waals surface area contributed by atoms with E-state index in [0.717, 1.165) is 0 Å². The Morgan fingerprint density at radius 2 is 2.27 bits per heavy atom. The van der Waals surface area contributed by atoms with E-state index in [-0.39, 0.29) is 12.2 Å². The summed E-state index contributed by atoms with van der Waals surface area (Å²) < 4.78 is 40.6. The van der Waals surface area contributed by atoms with Crippen molar-refractivity contribution in [3.63, 3.8) is 0 Å². The Labute approximate surface area is 92.8 Å². The van der Waals surface area contributed by atoms with Gasteiger partial charge in [0.15, 0.2) is 0 Å². The van der Waals surface area contributed by atoms with Crippen molar-refractivity contribution in [3.05, 3.63) is 11.8 Å². The maximum absolute atomic E-state index is 10.9. The van der Waals surface area contributed by atoms with Gasteiger partial charge in [-0.05, 0) is 13.8 Å². The number of Topliss-reactive ketones (excluding diaryl/α,β-unsaturated/α-hetero) is 1. The zero-order chi connectivity index (χ0) is 11.7. The average Bonchev–Trinajstić information content (AvgIpc) is 2.25. The predicted octanol–water partition coefficient (Wildman–Crippen LogP) is -1.84. The Balaban J connectivity index is 2.83. The maximum Gasteiger partial charge on any atom is 0.332 e. The molecule has 6 nitrogen and oxygen atoms in total. The summed E-state index contributed by atoms with van der Waals surface area (Å²) in [6, 6.07) is 0. The first-order valence-electron chi connectivity index (χ1n) is 3.88. The second kappa shape index (κ2) is 4.28. The molecule has 0 amide bonds. The van der Waals surface area contributed by atoms with Gasteiger partial charge in [-0.15, -0.1) is 0 Å². The van der Waals surface area contributed by atoms with Crippen LogP contribution in [-0.2, 0) is 13.3 Å². The quantitative estimate of drug-likeness (QED) is 0.544. The van der Waals surface area contributed by atoms with Gasteiger partial charge >= 0.3 is 4.93 Å². The summed E-state index contributed by atoms with van der Waals surface area (Å²) in [6.45, 7) is 2.83. The van der Waals surface area contributed by atoms with Gasteiger partial charge in [0.25, 0.3) is 0 Å². The van der Waals surface area contributed by atoms with Crippen molar-refractivity contribution in [2.24, 2.45) is 0 Å². The highest BCUT2D eigenvalue weighted by Gasteiger charge is 2.51. The van der Waals surface area contributed by atoms with Crippen molar-refractivity contribution in [2.75, 3.05) is 0 Å². The molecule has 1 aliphatic rings. The maximum atomic E-state index is 10.9. The fraction of sp³-hybridized carbons (Fsp3) is 0.571. The molecular formula is C7H9ClO6S. The van der Waals surface area contributed by atoms with E-state index in [4.69, 9.17) is 4.18 Å². The average molecular weight is 257 g/mol. The van der Waals surface area contributed by atoms with E-state index < -0.39 is 15.2 Å². The van der Waals surface area contributed by atoms with Crippen LogP contribution in [0, 0.1) is 10.2 Å². The molecule has 0 saturated heterocycles. The highest BCUT2D eigenvalue weighted by Crippen LogP contribution is 2.42. The molecule has 0 aromatic heterocycles. The number of ketones is 1. The van der Waals surface area contributed by atoms with Crippen molar-refractivity contribution < 1.29 is 37.5 Å². The van der Waals surface area contributed by atoms with Crippen molar-refractivity contribution in [1.29, 1.82) is 0 Å². The summed E-state index contributed by atoms with van der Waals surface area (Å²) in [5.74, 6) is 0.0796. The Bertz CT molecular complexity index is 298. The Kier molecular flexibility index (Phi) is 3.64. The fourth-order valence-corrected chi connectivity index (χ4v) is 2.69. The molecule has 0 aliphatic carbocycles.